The van der Waals surface area contributed by atoms with E-state index in [9.17, 15) is 14.9 Å². The predicted octanol–water partition coefficient (Wildman–Crippen LogP) is 4.96. The number of halogens is 2. The molecule has 0 unspecified atom stereocenters. The van der Waals surface area contributed by atoms with E-state index in [1.54, 1.807) is 18.2 Å². The number of carbonyl (C=O) groups excluding carboxylic acids is 1. The van der Waals surface area contributed by atoms with Gasteiger partial charge in [0.05, 0.1) is 20.9 Å². The number of hydrogen-bond donors (Lipinski definition) is 1. The average Bonchev–Trinajstić information content (AvgIpc) is 3.04. The van der Waals surface area contributed by atoms with Crippen LogP contribution in [0.3, 0.4) is 0 Å². The molecule has 3 aromatic rings. The molecule has 0 radical (unpaired) electrons. The van der Waals surface area contributed by atoms with Crippen molar-refractivity contribution < 1.29 is 9.72 Å². The molecule has 0 saturated heterocycles. The molecule has 1 aromatic heterocycles. The van der Waals surface area contributed by atoms with Gasteiger partial charge in [0.15, 0.2) is 4.34 Å². The normalized spacial score (nSPS) is 10.9. The number of nitrogens with zero attached hydrogens (tertiary/aromatic N) is 2. The first kappa shape index (κ1) is 19.9. The first-order valence-corrected chi connectivity index (χ1v) is 10.4. The van der Waals surface area contributed by atoms with E-state index in [4.69, 9.17) is 23.2 Å². The van der Waals surface area contributed by atoms with Crippen molar-refractivity contribution >= 4 is 68.1 Å². The number of hydrogen-bond acceptors (Lipinski definition) is 6. The predicted molar refractivity (Wildman–Crippen MR) is 110 cm³/mol. The minimum atomic E-state index is -0.438. The molecule has 1 N–H and O–H groups in total. The summed E-state index contributed by atoms with van der Waals surface area (Å²) in [5.41, 5.74) is 1.63. The number of nitro groups is 1. The van der Waals surface area contributed by atoms with Crippen molar-refractivity contribution in [2.24, 2.45) is 0 Å². The van der Waals surface area contributed by atoms with E-state index in [0.717, 1.165) is 10.3 Å². The third-order valence-electron chi connectivity index (χ3n) is 3.62. The van der Waals surface area contributed by atoms with Crippen LogP contribution >= 0.6 is 46.3 Å². The number of amides is 1. The number of non-ortho nitro benzene ring substituents is 1. The number of fused-ring (bicyclic) bond motifs is 1. The molecule has 3 rings (SSSR count). The van der Waals surface area contributed by atoms with E-state index < -0.39 is 4.92 Å². The summed E-state index contributed by atoms with van der Waals surface area (Å²) in [6, 6.07) is 9.80. The number of rotatable bonds is 7. The van der Waals surface area contributed by atoms with Gasteiger partial charge in [-0.25, -0.2) is 4.98 Å². The zero-order valence-corrected chi connectivity index (χ0v) is 16.9. The van der Waals surface area contributed by atoms with Crippen LogP contribution in [0, 0.1) is 10.1 Å². The number of nitro benzene ring substituents is 1. The molecule has 140 valence electrons. The maximum atomic E-state index is 12.0. The molecule has 0 spiro atoms. The maximum absolute atomic E-state index is 12.0. The van der Waals surface area contributed by atoms with Crippen LogP contribution in [0.1, 0.15) is 5.56 Å². The SMILES string of the molecule is O=C(CSc1nc2ccc([N+](=O)[O-])cc2s1)NCCc1ccc(Cl)cc1Cl. The topological polar surface area (TPSA) is 85.1 Å². The van der Waals surface area contributed by atoms with Gasteiger partial charge in [-0.05, 0) is 30.2 Å². The van der Waals surface area contributed by atoms with E-state index in [1.165, 1.54) is 35.2 Å². The van der Waals surface area contributed by atoms with E-state index in [-0.39, 0.29) is 17.3 Å². The summed E-state index contributed by atoms with van der Waals surface area (Å²) in [5.74, 6) is 0.103. The lowest BCUT2D eigenvalue weighted by Crippen LogP contribution is -2.27. The van der Waals surface area contributed by atoms with E-state index in [2.05, 4.69) is 10.3 Å². The summed E-state index contributed by atoms with van der Waals surface area (Å²) in [5, 5.41) is 14.8. The smallest absolute Gasteiger partial charge is 0.270 e. The van der Waals surface area contributed by atoms with Crippen LogP contribution < -0.4 is 5.32 Å². The van der Waals surface area contributed by atoms with Crippen LogP contribution in [0.4, 0.5) is 5.69 Å². The first-order chi connectivity index (χ1) is 12.9. The van der Waals surface area contributed by atoms with Gasteiger partial charge >= 0.3 is 0 Å². The molecule has 1 heterocycles. The van der Waals surface area contributed by atoms with Crippen LogP contribution in [0.2, 0.25) is 10.0 Å². The quantitative estimate of drug-likeness (QED) is 0.318. The monoisotopic (exact) mass is 441 g/mol. The highest BCUT2D eigenvalue weighted by Crippen LogP contribution is 2.31. The Bertz CT molecular complexity index is 1010. The fraction of sp³-hybridized carbons (Fsp3) is 0.176. The average molecular weight is 442 g/mol. The van der Waals surface area contributed by atoms with Crippen molar-refractivity contribution in [2.75, 3.05) is 12.3 Å². The highest BCUT2D eigenvalue weighted by atomic mass is 35.5. The van der Waals surface area contributed by atoms with E-state index in [1.807, 2.05) is 6.07 Å². The molecular formula is C17H13Cl2N3O3S2. The number of aromatic nitrogens is 1. The molecule has 0 aliphatic heterocycles. The Balaban J connectivity index is 1.50. The van der Waals surface area contributed by atoms with Gasteiger partial charge in [-0.3, -0.25) is 14.9 Å². The second kappa shape index (κ2) is 8.88. The van der Waals surface area contributed by atoms with Gasteiger partial charge in [0.2, 0.25) is 5.91 Å². The Morgan fingerprint density at radius 1 is 1.26 bits per heavy atom. The molecule has 1 amide bonds. The van der Waals surface area contributed by atoms with Crippen LogP contribution in [-0.4, -0.2) is 28.1 Å². The summed E-state index contributed by atoms with van der Waals surface area (Å²) in [6.07, 6.45) is 0.608. The minimum Gasteiger partial charge on any atom is -0.355 e. The second-order valence-corrected chi connectivity index (χ2v) is 8.61. The van der Waals surface area contributed by atoms with E-state index in [0.29, 0.717) is 32.9 Å². The van der Waals surface area contributed by atoms with Crippen LogP contribution in [-0.2, 0) is 11.2 Å². The van der Waals surface area contributed by atoms with Crippen LogP contribution in [0.5, 0.6) is 0 Å². The fourth-order valence-electron chi connectivity index (χ4n) is 2.31. The van der Waals surface area contributed by atoms with Crippen molar-refractivity contribution in [1.82, 2.24) is 10.3 Å². The zero-order chi connectivity index (χ0) is 19.4. The molecule has 0 aliphatic rings. The summed E-state index contributed by atoms with van der Waals surface area (Å²) in [6.45, 7) is 0.465. The number of carbonyl (C=O) groups is 1. The number of benzene rings is 2. The van der Waals surface area contributed by atoms with Gasteiger partial charge in [0.25, 0.3) is 5.69 Å². The van der Waals surface area contributed by atoms with E-state index >= 15 is 0 Å². The lowest BCUT2D eigenvalue weighted by Gasteiger charge is -2.06. The third-order valence-corrected chi connectivity index (χ3v) is 6.37. The Hall–Kier alpha value is -1.87. The summed E-state index contributed by atoms with van der Waals surface area (Å²) >= 11 is 14.6. The van der Waals surface area contributed by atoms with Crippen molar-refractivity contribution in [2.45, 2.75) is 10.8 Å². The third kappa shape index (κ3) is 5.32. The van der Waals surface area contributed by atoms with Crippen molar-refractivity contribution in [1.29, 1.82) is 0 Å². The Morgan fingerprint density at radius 2 is 2.07 bits per heavy atom. The molecule has 6 nitrogen and oxygen atoms in total. The van der Waals surface area contributed by atoms with Gasteiger partial charge in [-0.15, -0.1) is 11.3 Å². The van der Waals surface area contributed by atoms with Gasteiger partial charge < -0.3 is 5.32 Å². The maximum Gasteiger partial charge on any atom is 0.270 e. The lowest BCUT2D eigenvalue weighted by atomic mass is 10.1. The number of nitrogens with one attached hydrogen (secondary N) is 1. The first-order valence-electron chi connectivity index (χ1n) is 7.81. The Kier molecular flexibility index (Phi) is 6.54. The molecule has 0 bridgehead atoms. The highest BCUT2D eigenvalue weighted by Gasteiger charge is 2.12. The van der Waals surface area contributed by atoms with Crippen LogP contribution in [0.25, 0.3) is 10.2 Å². The Morgan fingerprint density at radius 3 is 2.81 bits per heavy atom. The van der Waals surface area contributed by atoms with Crippen LogP contribution in [0.15, 0.2) is 40.7 Å². The van der Waals surface area contributed by atoms with Crippen molar-refractivity contribution in [3.05, 3.63) is 62.1 Å². The molecule has 0 fully saturated rings. The zero-order valence-electron chi connectivity index (χ0n) is 13.8. The summed E-state index contributed by atoms with van der Waals surface area (Å²) in [7, 11) is 0. The largest absolute Gasteiger partial charge is 0.355 e. The second-order valence-electron chi connectivity index (χ2n) is 5.51. The summed E-state index contributed by atoms with van der Waals surface area (Å²) < 4.78 is 1.42. The van der Waals surface area contributed by atoms with Gasteiger partial charge in [-0.2, -0.15) is 0 Å². The van der Waals surface area contributed by atoms with Crippen molar-refractivity contribution in [3.63, 3.8) is 0 Å². The molecule has 0 atom stereocenters. The van der Waals surface area contributed by atoms with Gasteiger partial charge in [-0.1, -0.05) is 41.0 Å². The molecule has 10 heteroatoms. The summed E-state index contributed by atoms with van der Waals surface area (Å²) in [4.78, 5) is 26.8. The molecule has 2 aromatic carbocycles. The number of thiazole rings is 1. The highest BCUT2D eigenvalue weighted by molar-refractivity contribution is 8.01. The molecule has 0 saturated carbocycles. The van der Waals surface area contributed by atoms with Gasteiger partial charge in [0.1, 0.15) is 0 Å². The number of thioether (sulfide) groups is 1. The lowest BCUT2D eigenvalue weighted by molar-refractivity contribution is -0.384. The fourth-order valence-corrected chi connectivity index (χ4v) is 4.74. The van der Waals surface area contributed by atoms with Gasteiger partial charge in [0, 0.05) is 28.7 Å². The minimum absolute atomic E-state index is 0.0290. The standard InChI is InChI=1S/C17H13Cl2N3O3S2/c18-11-2-1-10(13(19)7-11)5-6-20-16(23)9-26-17-21-14-4-3-12(22(24)25)8-15(14)27-17/h1-4,7-8H,5-6,9H2,(H,20,23). The Labute approximate surface area is 173 Å². The van der Waals surface area contributed by atoms with Crippen molar-refractivity contribution in [3.8, 4) is 0 Å². The molecular weight excluding hydrogens is 429 g/mol. The molecule has 0 aliphatic carbocycles. The molecule has 27 heavy (non-hydrogen) atoms.